The predicted octanol–water partition coefficient (Wildman–Crippen LogP) is 3.73. The van der Waals surface area contributed by atoms with E-state index in [-0.39, 0.29) is 24.7 Å². The molecule has 4 rings (SSSR count). The van der Waals surface area contributed by atoms with E-state index in [1.165, 1.54) is 5.56 Å². The normalized spacial score (nSPS) is 23.9. The Morgan fingerprint density at radius 1 is 0.933 bits per heavy atom. The van der Waals surface area contributed by atoms with Gasteiger partial charge in [0.15, 0.2) is 0 Å². The van der Waals surface area contributed by atoms with Gasteiger partial charge in [-0.2, -0.15) is 0 Å². The predicted molar refractivity (Wildman–Crippen MR) is 112 cm³/mol. The van der Waals surface area contributed by atoms with Crippen LogP contribution >= 0.6 is 0 Å². The Bertz CT molecular complexity index is 896. The molecule has 156 valence electrons. The fraction of sp³-hybridized carbons (Fsp3) is 0.400. The van der Waals surface area contributed by atoms with E-state index < -0.39 is 17.8 Å². The molecule has 2 aromatic carbocycles. The van der Waals surface area contributed by atoms with Gasteiger partial charge >= 0.3 is 5.97 Å². The highest BCUT2D eigenvalue weighted by molar-refractivity contribution is 5.92. The number of carbonyl (C=O) groups excluding carboxylic acids is 3. The van der Waals surface area contributed by atoms with Crippen molar-refractivity contribution < 1.29 is 19.1 Å². The summed E-state index contributed by atoms with van der Waals surface area (Å²) >= 11 is 0. The van der Waals surface area contributed by atoms with Crippen LogP contribution in [0.5, 0.6) is 0 Å². The highest BCUT2D eigenvalue weighted by Crippen LogP contribution is 2.34. The molecule has 1 aliphatic heterocycles. The van der Waals surface area contributed by atoms with Crippen molar-refractivity contribution in [1.29, 1.82) is 0 Å². The second-order valence-corrected chi connectivity index (χ2v) is 8.27. The zero-order valence-corrected chi connectivity index (χ0v) is 17.0. The number of rotatable bonds is 5. The molecule has 1 saturated carbocycles. The van der Waals surface area contributed by atoms with Gasteiger partial charge in [-0.25, -0.2) is 0 Å². The Hall–Kier alpha value is -2.95. The Kier molecular flexibility index (Phi) is 6.26. The number of ether oxygens (including phenoxy) is 1. The third-order valence-corrected chi connectivity index (χ3v) is 6.28. The summed E-state index contributed by atoms with van der Waals surface area (Å²) in [5, 5.41) is 0. The van der Waals surface area contributed by atoms with Gasteiger partial charge in [0, 0.05) is 31.8 Å². The van der Waals surface area contributed by atoms with Crippen molar-refractivity contribution in [2.45, 2.75) is 38.2 Å². The maximum absolute atomic E-state index is 13.3. The summed E-state index contributed by atoms with van der Waals surface area (Å²) in [5.74, 6) is -1.25. The third-order valence-electron chi connectivity index (χ3n) is 6.28. The van der Waals surface area contributed by atoms with Crippen LogP contribution in [0.3, 0.4) is 0 Å². The highest BCUT2D eigenvalue weighted by Gasteiger charge is 2.42. The Labute approximate surface area is 177 Å². The largest absolute Gasteiger partial charge is 0.461 e. The minimum atomic E-state index is -0.682. The minimum absolute atomic E-state index is 0.0115. The van der Waals surface area contributed by atoms with Crippen molar-refractivity contribution in [2.75, 3.05) is 13.1 Å². The van der Waals surface area contributed by atoms with Gasteiger partial charge in [-0.05, 0) is 24.0 Å². The molecule has 0 radical (unpaired) electrons. The lowest BCUT2D eigenvalue weighted by Gasteiger charge is -2.31. The lowest BCUT2D eigenvalue weighted by Crippen LogP contribution is -2.43. The number of amides is 1. The van der Waals surface area contributed by atoms with E-state index in [9.17, 15) is 14.4 Å². The second kappa shape index (κ2) is 9.24. The maximum atomic E-state index is 13.3. The topological polar surface area (TPSA) is 63.7 Å². The van der Waals surface area contributed by atoms with Gasteiger partial charge in [0.25, 0.3) is 0 Å². The molecule has 5 nitrogen and oxygen atoms in total. The van der Waals surface area contributed by atoms with E-state index in [4.69, 9.17) is 4.74 Å². The van der Waals surface area contributed by atoms with Crippen molar-refractivity contribution >= 4 is 17.7 Å². The fourth-order valence-corrected chi connectivity index (χ4v) is 4.58. The van der Waals surface area contributed by atoms with E-state index in [2.05, 4.69) is 12.1 Å². The van der Waals surface area contributed by atoms with Crippen LogP contribution in [0.2, 0.25) is 0 Å². The van der Waals surface area contributed by atoms with Crippen molar-refractivity contribution in [1.82, 2.24) is 4.90 Å². The van der Waals surface area contributed by atoms with Crippen LogP contribution in [0.4, 0.5) is 0 Å². The number of hydrogen-bond acceptors (Lipinski definition) is 4. The summed E-state index contributed by atoms with van der Waals surface area (Å²) in [6, 6.07) is 19.7. The highest BCUT2D eigenvalue weighted by atomic mass is 16.5. The molecule has 3 atom stereocenters. The number of carbonyl (C=O) groups is 3. The fourth-order valence-electron chi connectivity index (χ4n) is 4.58. The third kappa shape index (κ3) is 4.61. The summed E-state index contributed by atoms with van der Waals surface area (Å²) in [7, 11) is 0. The summed E-state index contributed by atoms with van der Waals surface area (Å²) in [4.78, 5) is 40.0. The smallest absolute Gasteiger partial charge is 0.310 e. The molecule has 0 unspecified atom stereocenters. The summed E-state index contributed by atoms with van der Waals surface area (Å²) < 4.78 is 5.49. The van der Waals surface area contributed by atoms with Gasteiger partial charge < -0.3 is 9.64 Å². The molecule has 2 aliphatic rings. The molecule has 1 aliphatic carbocycles. The van der Waals surface area contributed by atoms with Crippen LogP contribution in [0, 0.1) is 11.8 Å². The van der Waals surface area contributed by atoms with E-state index in [0.29, 0.717) is 31.8 Å². The Balaban J connectivity index is 1.41. The molecule has 1 heterocycles. The Morgan fingerprint density at radius 2 is 1.63 bits per heavy atom. The van der Waals surface area contributed by atoms with Crippen molar-refractivity contribution in [3.8, 4) is 0 Å². The molecule has 2 aromatic rings. The van der Waals surface area contributed by atoms with E-state index in [1.807, 2.05) is 53.4 Å². The lowest BCUT2D eigenvalue weighted by molar-refractivity contribution is -0.159. The molecular formula is C25H27NO4. The first-order valence-electron chi connectivity index (χ1n) is 10.7. The number of nitrogens with zero attached hydrogens (tertiary/aromatic N) is 1. The molecule has 0 bridgehead atoms. The van der Waals surface area contributed by atoms with Crippen molar-refractivity contribution in [2.24, 2.45) is 11.8 Å². The number of Topliss-reactive ketones (excluding diaryl/α,β-unsaturated/α-hetero) is 1. The molecular weight excluding hydrogens is 378 g/mol. The first-order valence-corrected chi connectivity index (χ1v) is 10.7. The van der Waals surface area contributed by atoms with Gasteiger partial charge in [0.2, 0.25) is 5.91 Å². The van der Waals surface area contributed by atoms with Gasteiger partial charge in [0.05, 0.1) is 11.8 Å². The molecule has 0 aromatic heterocycles. The number of benzene rings is 2. The van der Waals surface area contributed by atoms with Crippen LogP contribution in [-0.2, 0) is 25.7 Å². The van der Waals surface area contributed by atoms with Crippen LogP contribution < -0.4 is 0 Å². The first-order chi connectivity index (χ1) is 14.6. The number of ketones is 1. The molecule has 1 amide bonds. The van der Waals surface area contributed by atoms with Gasteiger partial charge in [-0.15, -0.1) is 0 Å². The van der Waals surface area contributed by atoms with Crippen LogP contribution in [0.15, 0.2) is 60.7 Å². The number of esters is 1. The maximum Gasteiger partial charge on any atom is 0.310 e. The number of hydrogen-bond donors (Lipinski definition) is 0. The number of likely N-dealkylation sites (tertiary alicyclic amines) is 1. The molecule has 2 fully saturated rings. The quantitative estimate of drug-likeness (QED) is 0.711. The molecule has 30 heavy (non-hydrogen) atoms. The zero-order valence-electron chi connectivity index (χ0n) is 17.0. The Morgan fingerprint density at radius 3 is 2.37 bits per heavy atom. The van der Waals surface area contributed by atoms with Crippen molar-refractivity contribution in [3.05, 3.63) is 71.8 Å². The average Bonchev–Trinajstić information content (AvgIpc) is 3.29. The van der Waals surface area contributed by atoms with Crippen LogP contribution in [0.25, 0.3) is 0 Å². The molecule has 0 N–H and O–H groups in total. The standard InChI is InChI=1S/C25H27NO4/c27-21-11-12-22(23(15-21)25(29)30-17-18-7-3-1-4-8-18)24(28)26-14-13-20(16-26)19-9-5-2-6-10-19/h1-10,20,22-23H,11-17H2/t20-,22-,23-/m0/s1. The van der Waals surface area contributed by atoms with Gasteiger partial charge in [0.1, 0.15) is 12.4 Å². The van der Waals surface area contributed by atoms with Gasteiger partial charge in [-0.1, -0.05) is 60.7 Å². The minimum Gasteiger partial charge on any atom is -0.461 e. The zero-order chi connectivity index (χ0) is 20.9. The molecule has 5 heteroatoms. The summed E-state index contributed by atoms with van der Waals surface area (Å²) in [6.07, 6.45) is 1.80. The average molecular weight is 405 g/mol. The van der Waals surface area contributed by atoms with E-state index >= 15 is 0 Å². The SMILES string of the molecule is O=C1CC[C@H](C(=O)N2CC[C@H](c3ccccc3)C2)[C@@H](C(=O)OCc2ccccc2)C1. The monoisotopic (exact) mass is 405 g/mol. The second-order valence-electron chi connectivity index (χ2n) is 8.27. The molecule has 1 saturated heterocycles. The lowest BCUT2D eigenvalue weighted by atomic mass is 9.77. The van der Waals surface area contributed by atoms with Crippen LogP contribution in [-0.4, -0.2) is 35.6 Å². The van der Waals surface area contributed by atoms with Crippen LogP contribution in [0.1, 0.15) is 42.7 Å². The summed E-state index contributed by atoms with van der Waals surface area (Å²) in [6.45, 7) is 1.51. The van der Waals surface area contributed by atoms with Crippen molar-refractivity contribution in [3.63, 3.8) is 0 Å². The summed E-state index contributed by atoms with van der Waals surface area (Å²) in [5.41, 5.74) is 2.13. The first kappa shape index (κ1) is 20.3. The van der Waals surface area contributed by atoms with E-state index in [0.717, 1.165) is 12.0 Å². The molecule has 0 spiro atoms. The van der Waals surface area contributed by atoms with E-state index in [1.54, 1.807) is 0 Å². The van der Waals surface area contributed by atoms with Gasteiger partial charge in [-0.3, -0.25) is 14.4 Å².